The lowest BCUT2D eigenvalue weighted by Gasteiger charge is -2.11. The van der Waals surface area contributed by atoms with Gasteiger partial charge in [-0.2, -0.15) is 15.0 Å². The van der Waals surface area contributed by atoms with Crippen molar-refractivity contribution in [1.82, 2.24) is 15.0 Å². The summed E-state index contributed by atoms with van der Waals surface area (Å²) in [5.74, 6) is 0.887. The van der Waals surface area contributed by atoms with E-state index in [1.165, 1.54) is 0 Å². The standard InChI is InChI=1S/C12H12Cl2N4O/c1-7-4-5-9(8(13)6-7)19-12-16-10(14)15-11(17-12)18(2)3/h4-6H,1-3H3. The van der Waals surface area contributed by atoms with Crippen LogP contribution in [-0.4, -0.2) is 29.0 Å². The molecule has 0 N–H and O–H groups in total. The molecule has 0 saturated carbocycles. The molecule has 0 bridgehead atoms. The second kappa shape index (κ2) is 5.59. The van der Waals surface area contributed by atoms with Crippen LogP contribution in [0.2, 0.25) is 10.3 Å². The number of benzene rings is 1. The summed E-state index contributed by atoms with van der Waals surface area (Å²) in [5.41, 5.74) is 1.04. The van der Waals surface area contributed by atoms with Crippen LogP contribution >= 0.6 is 23.2 Å². The van der Waals surface area contributed by atoms with Crippen LogP contribution in [-0.2, 0) is 0 Å². The molecular formula is C12H12Cl2N4O. The normalized spacial score (nSPS) is 10.4. The van der Waals surface area contributed by atoms with Crippen LogP contribution in [0.25, 0.3) is 0 Å². The number of hydrogen-bond acceptors (Lipinski definition) is 5. The highest BCUT2D eigenvalue weighted by atomic mass is 35.5. The summed E-state index contributed by atoms with van der Waals surface area (Å²) >= 11 is 11.9. The van der Waals surface area contributed by atoms with Crippen LogP contribution in [0, 0.1) is 6.92 Å². The zero-order valence-electron chi connectivity index (χ0n) is 10.7. The maximum atomic E-state index is 6.08. The first-order chi connectivity index (χ1) is 8.95. The van der Waals surface area contributed by atoms with Crippen LogP contribution in [0.15, 0.2) is 18.2 Å². The number of hydrogen-bond donors (Lipinski definition) is 0. The molecule has 5 nitrogen and oxygen atoms in total. The second-order valence-electron chi connectivity index (χ2n) is 4.12. The van der Waals surface area contributed by atoms with Gasteiger partial charge >= 0.3 is 6.01 Å². The van der Waals surface area contributed by atoms with E-state index in [0.717, 1.165) is 5.56 Å². The van der Waals surface area contributed by atoms with Gasteiger partial charge < -0.3 is 9.64 Å². The van der Waals surface area contributed by atoms with Crippen molar-refractivity contribution in [3.8, 4) is 11.8 Å². The summed E-state index contributed by atoms with van der Waals surface area (Å²) in [6.07, 6.45) is 0. The summed E-state index contributed by atoms with van der Waals surface area (Å²) in [4.78, 5) is 13.7. The molecule has 2 aromatic rings. The molecule has 1 aromatic heterocycles. The van der Waals surface area contributed by atoms with Gasteiger partial charge in [0, 0.05) is 14.1 Å². The van der Waals surface area contributed by atoms with Crippen molar-refractivity contribution < 1.29 is 4.74 Å². The van der Waals surface area contributed by atoms with E-state index in [4.69, 9.17) is 27.9 Å². The summed E-state index contributed by atoms with van der Waals surface area (Å²) < 4.78 is 5.53. The largest absolute Gasteiger partial charge is 0.423 e. The smallest absolute Gasteiger partial charge is 0.328 e. The third kappa shape index (κ3) is 3.45. The van der Waals surface area contributed by atoms with Gasteiger partial charge in [-0.05, 0) is 36.2 Å². The van der Waals surface area contributed by atoms with E-state index in [1.807, 2.05) is 13.0 Å². The predicted molar refractivity (Wildman–Crippen MR) is 75.4 cm³/mol. The molecule has 0 aliphatic heterocycles. The molecule has 0 spiro atoms. The Labute approximate surface area is 121 Å². The SMILES string of the molecule is Cc1ccc(Oc2nc(Cl)nc(N(C)C)n2)c(Cl)c1. The number of aromatic nitrogens is 3. The van der Waals surface area contributed by atoms with E-state index in [0.29, 0.717) is 16.7 Å². The van der Waals surface area contributed by atoms with Gasteiger partial charge in [-0.15, -0.1) is 0 Å². The van der Waals surface area contributed by atoms with E-state index in [-0.39, 0.29) is 11.3 Å². The van der Waals surface area contributed by atoms with Gasteiger partial charge in [0.1, 0.15) is 5.75 Å². The Morgan fingerprint density at radius 2 is 1.84 bits per heavy atom. The lowest BCUT2D eigenvalue weighted by atomic mass is 10.2. The molecule has 0 fully saturated rings. The number of nitrogens with zero attached hydrogens (tertiary/aromatic N) is 4. The molecule has 0 amide bonds. The fourth-order valence-corrected chi connectivity index (χ4v) is 1.78. The Kier molecular flexibility index (Phi) is 4.07. The molecule has 0 atom stereocenters. The lowest BCUT2D eigenvalue weighted by Crippen LogP contribution is -2.13. The number of ether oxygens (including phenoxy) is 1. The molecule has 100 valence electrons. The molecule has 0 saturated heterocycles. The molecule has 1 aromatic carbocycles. The Morgan fingerprint density at radius 1 is 1.11 bits per heavy atom. The van der Waals surface area contributed by atoms with Crippen molar-refractivity contribution in [2.24, 2.45) is 0 Å². The van der Waals surface area contributed by atoms with Crippen molar-refractivity contribution in [1.29, 1.82) is 0 Å². The molecule has 19 heavy (non-hydrogen) atoms. The zero-order chi connectivity index (χ0) is 14.0. The average Bonchev–Trinajstić information content (AvgIpc) is 2.32. The van der Waals surface area contributed by atoms with Crippen LogP contribution in [0.1, 0.15) is 5.56 Å². The highest BCUT2D eigenvalue weighted by Gasteiger charge is 2.10. The molecule has 0 aliphatic rings. The second-order valence-corrected chi connectivity index (χ2v) is 4.86. The predicted octanol–water partition coefficient (Wildman–Crippen LogP) is 3.35. The van der Waals surface area contributed by atoms with E-state index in [2.05, 4.69) is 15.0 Å². The van der Waals surface area contributed by atoms with Gasteiger partial charge in [-0.25, -0.2) is 0 Å². The third-order valence-corrected chi connectivity index (χ3v) is 2.73. The number of halogens is 2. The first kappa shape index (κ1) is 13.8. The van der Waals surface area contributed by atoms with E-state index < -0.39 is 0 Å². The van der Waals surface area contributed by atoms with Gasteiger partial charge in [0.25, 0.3) is 0 Å². The third-order valence-electron chi connectivity index (χ3n) is 2.26. The van der Waals surface area contributed by atoms with Gasteiger partial charge in [-0.3, -0.25) is 0 Å². The van der Waals surface area contributed by atoms with Crippen molar-refractivity contribution in [3.63, 3.8) is 0 Å². The summed E-state index contributed by atoms with van der Waals surface area (Å²) in [6, 6.07) is 5.54. The molecule has 0 radical (unpaired) electrons. The van der Waals surface area contributed by atoms with Gasteiger partial charge in [0.2, 0.25) is 11.2 Å². The fourth-order valence-electron chi connectivity index (χ4n) is 1.35. The topological polar surface area (TPSA) is 51.1 Å². The minimum atomic E-state index is 0.0666. The van der Waals surface area contributed by atoms with Crippen molar-refractivity contribution >= 4 is 29.2 Å². The van der Waals surface area contributed by atoms with E-state index in [1.54, 1.807) is 31.1 Å². The van der Waals surface area contributed by atoms with E-state index in [9.17, 15) is 0 Å². The zero-order valence-corrected chi connectivity index (χ0v) is 12.2. The summed E-state index contributed by atoms with van der Waals surface area (Å²) in [6.45, 7) is 1.94. The first-order valence-electron chi connectivity index (χ1n) is 5.48. The molecule has 1 heterocycles. The number of rotatable bonds is 3. The lowest BCUT2D eigenvalue weighted by molar-refractivity contribution is 0.440. The Hall–Kier alpha value is -1.59. The van der Waals surface area contributed by atoms with Crippen LogP contribution in [0.5, 0.6) is 11.8 Å². The van der Waals surface area contributed by atoms with Crippen LogP contribution < -0.4 is 9.64 Å². The summed E-state index contributed by atoms with van der Waals surface area (Å²) in [7, 11) is 3.60. The number of aryl methyl sites for hydroxylation is 1. The van der Waals surface area contributed by atoms with E-state index >= 15 is 0 Å². The Balaban J connectivity index is 2.32. The molecule has 7 heteroatoms. The monoisotopic (exact) mass is 298 g/mol. The van der Waals surface area contributed by atoms with Crippen LogP contribution in [0.4, 0.5) is 5.95 Å². The molecule has 2 rings (SSSR count). The van der Waals surface area contributed by atoms with Gasteiger partial charge in [0.15, 0.2) is 0 Å². The fraction of sp³-hybridized carbons (Fsp3) is 0.250. The van der Waals surface area contributed by atoms with Crippen molar-refractivity contribution in [3.05, 3.63) is 34.1 Å². The highest BCUT2D eigenvalue weighted by Crippen LogP contribution is 2.29. The Morgan fingerprint density at radius 3 is 2.47 bits per heavy atom. The van der Waals surface area contributed by atoms with Gasteiger partial charge in [-0.1, -0.05) is 17.7 Å². The first-order valence-corrected chi connectivity index (χ1v) is 6.24. The highest BCUT2D eigenvalue weighted by molar-refractivity contribution is 6.32. The summed E-state index contributed by atoms with van der Waals surface area (Å²) in [5, 5.41) is 0.555. The Bertz CT molecular complexity index is 604. The van der Waals surface area contributed by atoms with Crippen molar-refractivity contribution in [2.75, 3.05) is 19.0 Å². The van der Waals surface area contributed by atoms with Gasteiger partial charge in [0.05, 0.1) is 5.02 Å². The number of anilines is 1. The molecule has 0 unspecified atom stereocenters. The van der Waals surface area contributed by atoms with Crippen LogP contribution in [0.3, 0.4) is 0 Å². The molecule has 0 aliphatic carbocycles. The average molecular weight is 299 g/mol. The quantitative estimate of drug-likeness (QED) is 0.870. The minimum Gasteiger partial charge on any atom is -0.423 e. The minimum absolute atomic E-state index is 0.0666. The maximum Gasteiger partial charge on any atom is 0.328 e. The molecular weight excluding hydrogens is 287 g/mol. The van der Waals surface area contributed by atoms with Crippen molar-refractivity contribution in [2.45, 2.75) is 6.92 Å². The maximum absolute atomic E-state index is 6.08.